The molecule has 1 aliphatic heterocycles. The molecule has 1 amide bonds. The van der Waals surface area contributed by atoms with Gasteiger partial charge in [-0.1, -0.05) is 0 Å². The van der Waals surface area contributed by atoms with Gasteiger partial charge in [-0.15, -0.1) is 0 Å². The van der Waals surface area contributed by atoms with Crippen molar-refractivity contribution < 1.29 is 14.3 Å². The maximum Gasteiger partial charge on any atom is 0.254 e. The number of carbonyl (C=O) groups excluding carboxylic acids is 1. The fourth-order valence-electron chi connectivity index (χ4n) is 3.22. The molecule has 1 saturated heterocycles. The lowest BCUT2D eigenvalue weighted by molar-refractivity contribution is 0.0746. The molecule has 1 fully saturated rings. The maximum absolute atomic E-state index is 12.9. The largest absolute Gasteiger partial charge is 0.493 e. The Hall–Kier alpha value is -3.03. The van der Waals surface area contributed by atoms with Crippen molar-refractivity contribution in [2.45, 2.75) is 6.92 Å². The van der Waals surface area contributed by atoms with E-state index < -0.39 is 0 Å². The third kappa shape index (κ3) is 4.11. The minimum Gasteiger partial charge on any atom is -0.493 e. The zero-order chi connectivity index (χ0) is 20.3. The lowest BCUT2D eigenvalue weighted by Gasteiger charge is -2.35. The molecular weight excluding hydrogens is 358 g/mol. The molecule has 150 valence electrons. The van der Waals surface area contributed by atoms with Crippen molar-refractivity contribution in [3.8, 4) is 11.5 Å². The van der Waals surface area contributed by atoms with Gasteiger partial charge in [0, 0.05) is 51.9 Å². The zero-order valence-corrected chi connectivity index (χ0v) is 17.1. The second-order valence-electron chi connectivity index (χ2n) is 6.87. The highest BCUT2D eigenvalue weighted by atomic mass is 16.5. The van der Waals surface area contributed by atoms with Crippen molar-refractivity contribution >= 4 is 17.5 Å². The van der Waals surface area contributed by atoms with Gasteiger partial charge in [-0.05, 0) is 25.1 Å². The summed E-state index contributed by atoms with van der Waals surface area (Å²) < 4.78 is 10.6. The van der Waals surface area contributed by atoms with Crippen molar-refractivity contribution in [1.29, 1.82) is 0 Å². The summed E-state index contributed by atoms with van der Waals surface area (Å²) in [6.07, 6.45) is 0. The third-order valence-corrected chi connectivity index (χ3v) is 4.79. The fourth-order valence-corrected chi connectivity index (χ4v) is 3.22. The van der Waals surface area contributed by atoms with E-state index in [2.05, 4.69) is 14.9 Å². The number of piperazine rings is 1. The summed E-state index contributed by atoms with van der Waals surface area (Å²) in [5.41, 5.74) is 0.596. The number of ether oxygens (including phenoxy) is 2. The topological polar surface area (TPSA) is 71.0 Å². The quantitative estimate of drug-likeness (QED) is 0.778. The first kappa shape index (κ1) is 19.7. The van der Waals surface area contributed by atoms with Gasteiger partial charge in [-0.3, -0.25) is 4.79 Å². The van der Waals surface area contributed by atoms with Crippen LogP contribution in [0, 0.1) is 6.92 Å². The van der Waals surface area contributed by atoms with E-state index in [0.717, 1.165) is 30.5 Å². The monoisotopic (exact) mass is 385 g/mol. The molecule has 0 aliphatic carbocycles. The molecule has 0 N–H and O–H groups in total. The number of hydrogen-bond donors (Lipinski definition) is 0. The molecule has 2 aromatic rings. The Kier molecular flexibility index (Phi) is 5.87. The number of aromatic nitrogens is 2. The second-order valence-corrected chi connectivity index (χ2v) is 6.87. The minimum absolute atomic E-state index is 0.00606. The van der Waals surface area contributed by atoms with E-state index in [1.54, 1.807) is 32.4 Å². The van der Waals surface area contributed by atoms with Crippen molar-refractivity contribution in [3.63, 3.8) is 0 Å². The Morgan fingerprint density at radius 2 is 1.68 bits per heavy atom. The van der Waals surface area contributed by atoms with E-state index in [1.165, 1.54) is 0 Å². The van der Waals surface area contributed by atoms with Crippen LogP contribution in [0.25, 0.3) is 0 Å². The minimum atomic E-state index is -0.00606. The lowest BCUT2D eigenvalue weighted by atomic mass is 10.1. The molecule has 0 spiro atoms. The number of anilines is 2. The maximum atomic E-state index is 12.9. The summed E-state index contributed by atoms with van der Waals surface area (Å²) >= 11 is 0. The number of rotatable bonds is 5. The summed E-state index contributed by atoms with van der Waals surface area (Å²) in [6.45, 7) is 4.61. The van der Waals surface area contributed by atoms with Crippen molar-refractivity contribution in [2.24, 2.45) is 0 Å². The smallest absolute Gasteiger partial charge is 0.254 e. The van der Waals surface area contributed by atoms with Crippen LogP contribution in [-0.2, 0) is 0 Å². The van der Waals surface area contributed by atoms with Crippen LogP contribution in [0.2, 0.25) is 0 Å². The fraction of sp³-hybridized carbons (Fsp3) is 0.450. The lowest BCUT2D eigenvalue weighted by Crippen LogP contribution is -2.49. The third-order valence-electron chi connectivity index (χ3n) is 4.79. The Balaban J connectivity index is 1.69. The molecule has 3 rings (SSSR count). The van der Waals surface area contributed by atoms with Gasteiger partial charge in [0.2, 0.25) is 0 Å². The summed E-state index contributed by atoms with van der Waals surface area (Å²) in [5.74, 6) is 3.68. The highest BCUT2D eigenvalue weighted by Gasteiger charge is 2.24. The van der Waals surface area contributed by atoms with Gasteiger partial charge >= 0.3 is 0 Å². The molecule has 1 aromatic carbocycles. The Morgan fingerprint density at radius 1 is 1.00 bits per heavy atom. The number of benzene rings is 1. The zero-order valence-electron chi connectivity index (χ0n) is 17.1. The molecule has 28 heavy (non-hydrogen) atoms. The van der Waals surface area contributed by atoms with Crippen LogP contribution in [0.3, 0.4) is 0 Å². The predicted octanol–water partition coefficient (Wildman–Crippen LogP) is 1.83. The van der Waals surface area contributed by atoms with Crippen LogP contribution in [0.15, 0.2) is 24.3 Å². The van der Waals surface area contributed by atoms with Crippen molar-refractivity contribution in [1.82, 2.24) is 14.9 Å². The number of methoxy groups -OCH3 is 2. The average molecular weight is 385 g/mol. The van der Waals surface area contributed by atoms with E-state index in [0.29, 0.717) is 30.2 Å². The number of amides is 1. The molecule has 2 heterocycles. The normalized spacial score (nSPS) is 14.0. The van der Waals surface area contributed by atoms with Crippen molar-refractivity contribution in [3.05, 3.63) is 35.7 Å². The van der Waals surface area contributed by atoms with Gasteiger partial charge in [0.05, 0.1) is 14.2 Å². The first-order chi connectivity index (χ1) is 13.4. The van der Waals surface area contributed by atoms with Gasteiger partial charge < -0.3 is 24.2 Å². The summed E-state index contributed by atoms with van der Waals surface area (Å²) in [4.78, 5) is 27.9. The Bertz CT molecular complexity index is 848. The van der Waals surface area contributed by atoms with Crippen LogP contribution in [0.1, 0.15) is 16.2 Å². The number of aryl methyl sites for hydroxylation is 1. The molecule has 8 heteroatoms. The Morgan fingerprint density at radius 3 is 2.29 bits per heavy atom. The van der Waals surface area contributed by atoms with Crippen LogP contribution >= 0.6 is 0 Å². The van der Waals surface area contributed by atoms with Gasteiger partial charge in [0.25, 0.3) is 5.91 Å². The summed E-state index contributed by atoms with van der Waals surface area (Å²) in [5, 5.41) is 0. The van der Waals surface area contributed by atoms with E-state index in [-0.39, 0.29) is 5.91 Å². The van der Waals surface area contributed by atoms with Gasteiger partial charge in [-0.25, -0.2) is 9.97 Å². The summed E-state index contributed by atoms with van der Waals surface area (Å²) in [7, 11) is 7.07. The first-order valence-electron chi connectivity index (χ1n) is 9.22. The SMILES string of the molecule is COc1ccc(C(=O)N2CCN(c3cc(N(C)C)nc(C)n3)CC2)cc1OC. The van der Waals surface area contributed by atoms with E-state index in [4.69, 9.17) is 9.47 Å². The first-order valence-corrected chi connectivity index (χ1v) is 9.22. The van der Waals surface area contributed by atoms with Crippen LogP contribution in [0.5, 0.6) is 11.5 Å². The standard InChI is InChI=1S/C20H27N5O3/c1-14-21-18(23(2)3)13-19(22-14)24-8-10-25(11-9-24)20(26)15-6-7-16(27-4)17(12-15)28-5/h6-7,12-13H,8-11H2,1-5H3. The van der Waals surface area contributed by atoms with Crippen LogP contribution in [0.4, 0.5) is 11.6 Å². The van der Waals surface area contributed by atoms with Crippen molar-refractivity contribution in [2.75, 3.05) is 64.3 Å². The van der Waals surface area contributed by atoms with Gasteiger partial charge in [-0.2, -0.15) is 0 Å². The van der Waals surface area contributed by atoms with Gasteiger partial charge in [0.15, 0.2) is 11.5 Å². The molecule has 0 unspecified atom stereocenters. The molecule has 0 atom stereocenters. The number of carbonyl (C=O) groups is 1. The molecule has 1 aromatic heterocycles. The van der Waals surface area contributed by atoms with Crippen LogP contribution < -0.4 is 19.3 Å². The Labute approximate surface area is 165 Å². The predicted molar refractivity (Wildman–Crippen MR) is 109 cm³/mol. The molecule has 8 nitrogen and oxygen atoms in total. The molecular formula is C20H27N5O3. The highest BCUT2D eigenvalue weighted by Crippen LogP contribution is 2.28. The van der Waals surface area contributed by atoms with Gasteiger partial charge in [0.1, 0.15) is 17.5 Å². The molecule has 0 bridgehead atoms. The van der Waals surface area contributed by atoms with E-state index in [9.17, 15) is 4.79 Å². The highest BCUT2D eigenvalue weighted by molar-refractivity contribution is 5.95. The number of hydrogen-bond acceptors (Lipinski definition) is 7. The molecule has 1 aliphatic rings. The number of nitrogens with zero attached hydrogens (tertiary/aromatic N) is 5. The average Bonchev–Trinajstić information content (AvgIpc) is 2.72. The molecule has 0 radical (unpaired) electrons. The second kappa shape index (κ2) is 8.33. The molecule has 0 saturated carbocycles. The van der Waals surface area contributed by atoms with E-state index >= 15 is 0 Å². The van der Waals surface area contributed by atoms with E-state index in [1.807, 2.05) is 36.9 Å². The summed E-state index contributed by atoms with van der Waals surface area (Å²) in [6, 6.07) is 7.24. The van der Waals surface area contributed by atoms with Crippen LogP contribution in [-0.4, -0.2) is 75.3 Å².